The fourth-order valence-corrected chi connectivity index (χ4v) is 3.23. The van der Waals surface area contributed by atoms with Crippen molar-refractivity contribution in [2.24, 2.45) is 0 Å². The Morgan fingerprint density at radius 3 is 2.44 bits per heavy atom. The van der Waals surface area contributed by atoms with E-state index in [-0.39, 0.29) is 11.3 Å². The van der Waals surface area contributed by atoms with Crippen LogP contribution in [0.1, 0.15) is 29.8 Å². The normalized spacial score (nSPS) is 15.0. The molecule has 2 heterocycles. The molecule has 0 unspecified atom stereocenters. The standard InChI is InChI=1S/C20H20N4O/c1-14-12-15(2)24(23-14)18-9-8-17(13-21-18)22-19(25)20(10-11-20)16-6-4-3-5-7-16/h3-9,12-13H,10-11H2,1-2H3,(H,22,25). The molecule has 1 aromatic carbocycles. The van der Waals surface area contributed by atoms with E-state index in [2.05, 4.69) is 15.4 Å². The number of carbonyl (C=O) groups excluding carboxylic acids is 1. The molecule has 1 saturated carbocycles. The number of amides is 1. The molecule has 4 rings (SSSR count). The molecule has 2 aromatic heterocycles. The molecule has 5 nitrogen and oxygen atoms in total. The smallest absolute Gasteiger partial charge is 0.235 e. The topological polar surface area (TPSA) is 59.8 Å². The average Bonchev–Trinajstić information content (AvgIpc) is 3.37. The third-order valence-corrected chi connectivity index (χ3v) is 4.74. The monoisotopic (exact) mass is 332 g/mol. The number of carbonyl (C=O) groups is 1. The lowest BCUT2D eigenvalue weighted by Crippen LogP contribution is -2.27. The zero-order valence-corrected chi connectivity index (χ0v) is 14.4. The number of hydrogen-bond acceptors (Lipinski definition) is 3. The predicted molar refractivity (Wildman–Crippen MR) is 96.8 cm³/mol. The van der Waals surface area contributed by atoms with Crippen molar-refractivity contribution in [2.45, 2.75) is 32.1 Å². The van der Waals surface area contributed by atoms with Crippen LogP contribution in [-0.4, -0.2) is 20.7 Å². The number of pyridine rings is 1. The SMILES string of the molecule is Cc1cc(C)n(-c2ccc(NC(=O)C3(c4ccccc4)CC3)cn2)n1. The number of benzene rings is 1. The van der Waals surface area contributed by atoms with E-state index in [1.165, 1.54) is 0 Å². The van der Waals surface area contributed by atoms with Crippen molar-refractivity contribution in [3.63, 3.8) is 0 Å². The van der Waals surface area contributed by atoms with Gasteiger partial charge in [-0.05, 0) is 50.5 Å². The molecule has 0 spiro atoms. The highest BCUT2D eigenvalue weighted by molar-refractivity contribution is 6.01. The Balaban J connectivity index is 1.52. The molecular formula is C20H20N4O. The quantitative estimate of drug-likeness (QED) is 0.795. The Morgan fingerprint density at radius 2 is 1.88 bits per heavy atom. The lowest BCUT2D eigenvalue weighted by molar-refractivity contribution is -0.118. The maximum Gasteiger partial charge on any atom is 0.235 e. The van der Waals surface area contributed by atoms with Gasteiger partial charge in [0.25, 0.3) is 0 Å². The summed E-state index contributed by atoms with van der Waals surface area (Å²) in [5.74, 6) is 0.784. The Labute approximate surface area is 146 Å². The van der Waals surface area contributed by atoms with Gasteiger partial charge in [-0.2, -0.15) is 5.10 Å². The van der Waals surface area contributed by atoms with Crippen LogP contribution >= 0.6 is 0 Å². The minimum absolute atomic E-state index is 0.0411. The summed E-state index contributed by atoms with van der Waals surface area (Å²) in [6.07, 6.45) is 3.46. The van der Waals surface area contributed by atoms with E-state index < -0.39 is 0 Å². The van der Waals surface area contributed by atoms with Crippen LogP contribution in [0.4, 0.5) is 5.69 Å². The van der Waals surface area contributed by atoms with Gasteiger partial charge in [0.2, 0.25) is 5.91 Å². The second kappa shape index (κ2) is 5.84. The molecule has 0 atom stereocenters. The third kappa shape index (κ3) is 2.82. The van der Waals surface area contributed by atoms with E-state index >= 15 is 0 Å². The highest BCUT2D eigenvalue weighted by atomic mass is 16.2. The van der Waals surface area contributed by atoms with Crippen molar-refractivity contribution in [1.29, 1.82) is 0 Å². The fourth-order valence-electron chi connectivity index (χ4n) is 3.23. The summed E-state index contributed by atoms with van der Waals surface area (Å²) in [7, 11) is 0. The van der Waals surface area contributed by atoms with Crippen molar-refractivity contribution in [1.82, 2.24) is 14.8 Å². The number of nitrogens with one attached hydrogen (secondary N) is 1. The number of anilines is 1. The summed E-state index contributed by atoms with van der Waals surface area (Å²) in [5, 5.41) is 7.44. The van der Waals surface area contributed by atoms with Gasteiger partial charge in [-0.3, -0.25) is 4.79 Å². The molecule has 126 valence electrons. The average molecular weight is 332 g/mol. The highest BCUT2D eigenvalue weighted by Crippen LogP contribution is 2.48. The minimum atomic E-state index is -0.379. The second-order valence-electron chi connectivity index (χ2n) is 6.65. The first-order chi connectivity index (χ1) is 12.1. The number of hydrogen-bond donors (Lipinski definition) is 1. The molecule has 1 aliphatic carbocycles. The van der Waals surface area contributed by atoms with Crippen LogP contribution in [0.5, 0.6) is 0 Å². The fraction of sp³-hybridized carbons (Fsp3) is 0.250. The first-order valence-corrected chi connectivity index (χ1v) is 8.45. The summed E-state index contributed by atoms with van der Waals surface area (Å²) in [4.78, 5) is 17.2. The molecule has 1 amide bonds. The van der Waals surface area contributed by atoms with E-state index in [0.29, 0.717) is 5.69 Å². The number of aryl methyl sites for hydroxylation is 2. The summed E-state index contributed by atoms with van der Waals surface area (Å²) in [5.41, 5.74) is 3.39. The van der Waals surface area contributed by atoms with Crippen LogP contribution in [0.2, 0.25) is 0 Å². The lowest BCUT2D eigenvalue weighted by Gasteiger charge is -2.15. The summed E-state index contributed by atoms with van der Waals surface area (Å²) >= 11 is 0. The first-order valence-electron chi connectivity index (χ1n) is 8.45. The molecule has 5 heteroatoms. The van der Waals surface area contributed by atoms with Crippen molar-refractivity contribution < 1.29 is 4.79 Å². The molecule has 3 aromatic rings. The van der Waals surface area contributed by atoms with Crippen molar-refractivity contribution in [3.8, 4) is 5.82 Å². The van der Waals surface area contributed by atoms with Crippen LogP contribution in [0, 0.1) is 13.8 Å². The van der Waals surface area contributed by atoms with Gasteiger partial charge in [-0.1, -0.05) is 30.3 Å². The van der Waals surface area contributed by atoms with Crippen molar-refractivity contribution in [3.05, 3.63) is 71.7 Å². The van der Waals surface area contributed by atoms with Crippen LogP contribution in [0.3, 0.4) is 0 Å². The predicted octanol–water partition coefficient (Wildman–Crippen LogP) is 3.55. The summed E-state index contributed by atoms with van der Waals surface area (Å²) < 4.78 is 1.80. The van der Waals surface area contributed by atoms with Gasteiger partial charge >= 0.3 is 0 Å². The van der Waals surface area contributed by atoms with Gasteiger partial charge in [-0.15, -0.1) is 0 Å². The van der Waals surface area contributed by atoms with Crippen LogP contribution < -0.4 is 5.32 Å². The zero-order valence-electron chi connectivity index (χ0n) is 14.4. The Bertz CT molecular complexity index is 909. The lowest BCUT2D eigenvalue weighted by atomic mass is 9.95. The molecular weight excluding hydrogens is 312 g/mol. The number of nitrogens with zero attached hydrogens (tertiary/aromatic N) is 3. The minimum Gasteiger partial charge on any atom is -0.324 e. The zero-order chi connectivity index (χ0) is 17.4. The maximum absolute atomic E-state index is 12.8. The van der Waals surface area contributed by atoms with Crippen LogP contribution in [0.15, 0.2) is 54.7 Å². The largest absolute Gasteiger partial charge is 0.324 e. The molecule has 1 fully saturated rings. The van der Waals surface area contributed by atoms with E-state index in [9.17, 15) is 4.79 Å². The van der Waals surface area contributed by atoms with Crippen molar-refractivity contribution in [2.75, 3.05) is 5.32 Å². The molecule has 25 heavy (non-hydrogen) atoms. The molecule has 0 bridgehead atoms. The number of rotatable bonds is 4. The van der Waals surface area contributed by atoms with Crippen LogP contribution in [-0.2, 0) is 10.2 Å². The third-order valence-electron chi connectivity index (χ3n) is 4.74. The first kappa shape index (κ1) is 15.6. The molecule has 1 aliphatic rings. The van der Waals surface area contributed by atoms with E-state index in [1.54, 1.807) is 10.9 Å². The molecule has 1 N–H and O–H groups in total. The Hall–Kier alpha value is -2.95. The van der Waals surface area contributed by atoms with Gasteiger partial charge < -0.3 is 5.32 Å². The van der Waals surface area contributed by atoms with E-state index in [0.717, 1.165) is 35.6 Å². The molecule has 0 saturated heterocycles. The number of aromatic nitrogens is 3. The van der Waals surface area contributed by atoms with E-state index in [1.807, 2.05) is 62.4 Å². The second-order valence-corrected chi connectivity index (χ2v) is 6.65. The van der Waals surface area contributed by atoms with Crippen molar-refractivity contribution >= 4 is 11.6 Å². The van der Waals surface area contributed by atoms with Gasteiger partial charge in [0.1, 0.15) is 0 Å². The van der Waals surface area contributed by atoms with Crippen LogP contribution in [0.25, 0.3) is 5.82 Å². The Kier molecular flexibility index (Phi) is 3.64. The summed E-state index contributed by atoms with van der Waals surface area (Å²) in [6.45, 7) is 3.95. The maximum atomic E-state index is 12.8. The van der Waals surface area contributed by atoms with E-state index in [4.69, 9.17) is 0 Å². The van der Waals surface area contributed by atoms with Gasteiger partial charge in [0.05, 0.1) is 23.0 Å². The van der Waals surface area contributed by atoms with Gasteiger partial charge in [0.15, 0.2) is 5.82 Å². The Morgan fingerprint density at radius 1 is 1.12 bits per heavy atom. The van der Waals surface area contributed by atoms with Gasteiger partial charge in [-0.25, -0.2) is 9.67 Å². The summed E-state index contributed by atoms with van der Waals surface area (Å²) in [6, 6.07) is 15.7. The van der Waals surface area contributed by atoms with Gasteiger partial charge in [0, 0.05) is 5.69 Å². The highest BCUT2D eigenvalue weighted by Gasteiger charge is 2.51. The molecule has 0 aliphatic heterocycles. The molecule has 0 radical (unpaired) electrons.